The zero-order chi connectivity index (χ0) is 13.7. The third-order valence-corrected chi connectivity index (χ3v) is 3.10. The van der Waals surface area contributed by atoms with E-state index in [0.29, 0.717) is 24.3 Å². The van der Waals surface area contributed by atoms with Crippen LogP contribution in [0.4, 0.5) is 0 Å². The van der Waals surface area contributed by atoms with E-state index in [1.807, 2.05) is 7.05 Å². The van der Waals surface area contributed by atoms with Gasteiger partial charge in [-0.1, -0.05) is 11.8 Å². The van der Waals surface area contributed by atoms with Crippen molar-refractivity contribution in [2.75, 3.05) is 39.8 Å². The van der Waals surface area contributed by atoms with Gasteiger partial charge in [0, 0.05) is 32.4 Å². The van der Waals surface area contributed by atoms with Gasteiger partial charge < -0.3 is 14.9 Å². The van der Waals surface area contributed by atoms with Crippen LogP contribution >= 0.6 is 0 Å². The molecule has 2 rings (SSSR count). The molecule has 5 heteroatoms. The van der Waals surface area contributed by atoms with E-state index in [1.54, 1.807) is 23.2 Å². The number of piperazine rings is 1. The molecule has 19 heavy (non-hydrogen) atoms. The lowest BCUT2D eigenvalue weighted by Gasteiger charge is -2.32. The molecule has 1 aromatic rings. The van der Waals surface area contributed by atoms with Crippen LogP contribution in [0.1, 0.15) is 16.1 Å². The highest BCUT2D eigenvalue weighted by Crippen LogP contribution is 2.10. The van der Waals surface area contributed by atoms with Crippen molar-refractivity contribution in [2.24, 2.45) is 0 Å². The van der Waals surface area contributed by atoms with Crippen molar-refractivity contribution < 1.29 is 9.90 Å². The maximum Gasteiger partial charge on any atom is 0.273 e. The Balaban J connectivity index is 2.19. The van der Waals surface area contributed by atoms with Crippen molar-refractivity contribution in [3.8, 4) is 11.8 Å². The van der Waals surface area contributed by atoms with E-state index < -0.39 is 0 Å². The van der Waals surface area contributed by atoms with Gasteiger partial charge in [0.2, 0.25) is 0 Å². The second-order valence-corrected chi connectivity index (χ2v) is 4.45. The normalized spacial score (nSPS) is 15.8. The largest absolute Gasteiger partial charge is 0.384 e. The van der Waals surface area contributed by atoms with Gasteiger partial charge in [0.15, 0.2) is 0 Å². The fraction of sp³-hybridized carbons (Fsp3) is 0.429. The number of nitrogens with zero attached hydrogens (tertiary/aromatic N) is 3. The molecule has 0 saturated carbocycles. The number of likely N-dealkylation sites (N-methyl/N-ethyl adjacent to an activating group) is 1. The number of carbonyl (C=O) groups excluding carboxylic acids is 1. The minimum Gasteiger partial charge on any atom is -0.384 e. The highest BCUT2D eigenvalue weighted by Gasteiger charge is 2.22. The molecule has 1 fully saturated rings. The summed E-state index contributed by atoms with van der Waals surface area (Å²) < 4.78 is 0. The van der Waals surface area contributed by atoms with E-state index in [0.717, 1.165) is 13.1 Å². The third kappa shape index (κ3) is 3.31. The molecule has 0 bridgehead atoms. The Labute approximate surface area is 112 Å². The summed E-state index contributed by atoms with van der Waals surface area (Å²) in [5.74, 6) is 5.24. The van der Waals surface area contributed by atoms with Gasteiger partial charge in [-0.3, -0.25) is 4.79 Å². The average Bonchev–Trinajstić information content (AvgIpc) is 2.45. The fourth-order valence-corrected chi connectivity index (χ4v) is 1.97. The minimum absolute atomic E-state index is 0.0871. The molecule has 100 valence electrons. The number of aliphatic hydroxyl groups is 1. The highest BCUT2D eigenvalue weighted by atomic mass is 16.2. The number of amides is 1. The Morgan fingerprint density at radius 1 is 1.42 bits per heavy atom. The molecule has 0 atom stereocenters. The van der Waals surface area contributed by atoms with Gasteiger partial charge in [-0.05, 0) is 19.2 Å². The van der Waals surface area contributed by atoms with Crippen LogP contribution in [0, 0.1) is 11.8 Å². The van der Waals surface area contributed by atoms with Crippen LogP contribution in [0.5, 0.6) is 0 Å². The molecule has 0 aromatic carbocycles. The van der Waals surface area contributed by atoms with Crippen LogP contribution in [0.2, 0.25) is 0 Å². The SMILES string of the molecule is CN1CCN(C(=O)c2ncccc2C#CCO)CC1. The Hall–Kier alpha value is -1.90. The second-order valence-electron chi connectivity index (χ2n) is 4.45. The standard InChI is InChI=1S/C14H17N3O2/c1-16-7-9-17(10-8-16)14(19)13-12(5-3-11-18)4-2-6-15-13/h2,4,6,18H,7-11H2,1H3. The van der Waals surface area contributed by atoms with Gasteiger partial charge in [0.05, 0.1) is 5.56 Å². The molecule has 0 aliphatic carbocycles. The Bertz CT molecular complexity index is 511. The summed E-state index contributed by atoms with van der Waals surface area (Å²) in [6.45, 7) is 2.93. The van der Waals surface area contributed by atoms with Crippen molar-refractivity contribution in [1.29, 1.82) is 0 Å². The van der Waals surface area contributed by atoms with Crippen molar-refractivity contribution in [1.82, 2.24) is 14.8 Å². The minimum atomic E-state index is -0.225. The van der Waals surface area contributed by atoms with Crippen LogP contribution in [0.3, 0.4) is 0 Å². The van der Waals surface area contributed by atoms with E-state index in [9.17, 15) is 4.79 Å². The summed E-state index contributed by atoms with van der Waals surface area (Å²) >= 11 is 0. The number of aromatic nitrogens is 1. The molecular weight excluding hydrogens is 242 g/mol. The summed E-state index contributed by atoms with van der Waals surface area (Å²) in [6.07, 6.45) is 1.59. The summed E-state index contributed by atoms with van der Waals surface area (Å²) in [5, 5.41) is 8.74. The zero-order valence-corrected chi connectivity index (χ0v) is 11.0. The van der Waals surface area contributed by atoms with Crippen LogP contribution in [0.15, 0.2) is 18.3 Å². The molecule has 1 amide bonds. The Kier molecular flexibility index (Phi) is 4.50. The average molecular weight is 259 g/mol. The van der Waals surface area contributed by atoms with Crippen LogP contribution in [-0.2, 0) is 0 Å². The van der Waals surface area contributed by atoms with Crippen LogP contribution in [-0.4, -0.2) is 65.6 Å². The molecule has 0 radical (unpaired) electrons. The molecule has 2 heterocycles. The summed E-state index contributed by atoms with van der Waals surface area (Å²) in [7, 11) is 2.04. The first-order valence-corrected chi connectivity index (χ1v) is 6.25. The smallest absolute Gasteiger partial charge is 0.273 e. The predicted octanol–water partition coefficient (Wildman–Crippen LogP) is -0.187. The molecule has 1 N–H and O–H groups in total. The monoisotopic (exact) mass is 259 g/mol. The molecule has 1 saturated heterocycles. The topological polar surface area (TPSA) is 56.7 Å². The number of hydrogen-bond donors (Lipinski definition) is 1. The second kappa shape index (κ2) is 6.32. The fourth-order valence-electron chi connectivity index (χ4n) is 1.97. The quantitative estimate of drug-likeness (QED) is 0.710. The first-order chi connectivity index (χ1) is 9.22. The maximum atomic E-state index is 12.4. The lowest BCUT2D eigenvalue weighted by atomic mass is 10.1. The van der Waals surface area contributed by atoms with Crippen LogP contribution < -0.4 is 0 Å². The number of aliphatic hydroxyl groups excluding tert-OH is 1. The lowest BCUT2D eigenvalue weighted by molar-refractivity contribution is 0.0658. The molecule has 1 aromatic heterocycles. The number of pyridine rings is 1. The molecule has 0 spiro atoms. The first-order valence-electron chi connectivity index (χ1n) is 6.25. The van der Waals surface area contributed by atoms with Gasteiger partial charge >= 0.3 is 0 Å². The van der Waals surface area contributed by atoms with E-state index in [4.69, 9.17) is 5.11 Å². The van der Waals surface area contributed by atoms with Gasteiger partial charge in [-0.2, -0.15) is 0 Å². The van der Waals surface area contributed by atoms with Gasteiger partial charge in [-0.25, -0.2) is 4.98 Å². The summed E-state index contributed by atoms with van der Waals surface area (Å²) in [4.78, 5) is 20.5. The Morgan fingerprint density at radius 3 is 2.84 bits per heavy atom. The maximum absolute atomic E-state index is 12.4. The zero-order valence-electron chi connectivity index (χ0n) is 11.0. The third-order valence-electron chi connectivity index (χ3n) is 3.10. The number of hydrogen-bond acceptors (Lipinski definition) is 4. The van der Waals surface area contributed by atoms with E-state index in [2.05, 4.69) is 21.7 Å². The van der Waals surface area contributed by atoms with Gasteiger partial charge in [0.1, 0.15) is 12.3 Å². The summed E-state index contributed by atoms with van der Waals surface area (Å²) in [5.41, 5.74) is 0.938. The van der Waals surface area contributed by atoms with E-state index >= 15 is 0 Å². The highest BCUT2D eigenvalue weighted by molar-refractivity contribution is 5.94. The molecule has 1 aliphatic rings. The van der Waals surface area contributed by atoms with E-state index in [1.165, 1.54) is 0 Å². The summed E-state index contributed by atoms with van der Waals surface area (Å²) in [6, 6.07) is 3.49. The van der Waals surface area contributed by atoms with Gasteiger partial charge in [-0.15, -0.1) is 0 Å². The van der Waals surface area contributed by atoms with Gasteiger partial charge in [0.25, 0.3) is 5.91 Å². The molecule has 1 aliphatic heterocycles. The van der Waals surface area contributed by atoms with Crippen molar-refractivity contribution >= 4 is 5.91 Å². The molecule has 5 nitrogen and oxygen atoms in total. The number of rotatable bonds is 1. The number of carbonyl (C=O) groups is 1. The Morgan fingerprint density at radius 2 is 2.16 bits per heavy atom. The van der Waals surface area contributed by atoms with Crippen LogP contribution in [0.25, 0.3) is 0 Å². The first kappa shape index (κ1) is 13.5. The van der Waals surface area contributed by atoms with Crippen molar-refractivity contribution in [2.45, 2.75) is 0 Å². The molecule has 0 unspecified atom stereocenters. The van der Waals surface area contributed by atoms with Crippen molar-refractivity contribution in [3.63, 3.8) is 0 Å². The van der Waals surface area contributed by atoms with Crippen molar-refractivity contribution in [3.05, 3.63) is 29.6 Å². The van der Waals surface area contributed by atoms with E-state index in [-0.39, 0.29) is 12.5 Å². The lowest BCUT2D eigenvalue weighted by Crippen LogP contribution is -2.47. The molecular formula is C14H17N3O2. The predicted molar refractivity (Wildman–Crippen MR) is 71.6 cm³/mol.